The molecule has 6 nitrogen and oxygen atoms in total. The van der Waals surface area contributed by atoms with Crippen molar-refractivity contribution >= 4 is 45.8 Å². The Bertz CT molecular complexity index is 1270. The van der Waals surface area contributed by atoms with Gasteiger partial charge in [-0.2, -0.15) is 4.80 Å². The van der Waals surface area contributed by atoms with Crippen LogP contribution in [0, 0.1) is 6.92 Å². The number of anilines is 1. The lowest BCUT2D eigenvalue weighted by molar-refractivity contribution is -0.128. The molecule has 0 spiro atoms. The van der Waals surface area contributed by atoms with Gasteiger partial charge in [0, 0.05) is 15.7 Å². The Morgan fingerprint density at radius 3 is 2.39 bits per heavy atom. The SMILES string of the molecule is Cc1ccc(-n2nc3ccc(NC(=O)C(C)(C)Oc4ccc(Cl)cc4)cc3n2)cc1Cl. The summed E-state index contributed by atoms with van der Waals surface area (Å²) < 4.78 is 5.85. The summed E-state index contributed by atoms with van der Waals surface area (Å²) in [6.07, 6.45) is 0. The quantitative estimate of drug-likeness (QED) is 0.411. The number of amides is 1. The Balaban J connectivity index is 1.53. The third-order valence-electron chi connectivity index (χ3n) is 4.76. The van der Waals surface area contributed by atoms with Crippen LogP contribution in [0.5, 0.6) is 5.75 Å². The van der Waals surface area contributed by atoms with Crippen molar-refractivity contribution in [1.82, 2.24) is 15.0 Å². The highest BCUT2D eigenvalue weighted by Gasteiger charge is 2.30. The number of carbonyl (C=O) groups is 1. The number of benzene rings is 3. The van der Waals surface area contributed by atoms with Crippen LogP contribution >= 0.6 is 23.2 Å². The zero-order valence-corrected chi connectivity index (χ0v) is 18.7. The molecule has 0 radical (unpaired) electrons. The molecule has 1 heterocycles. The molecule has 0 unspecified atom stereocenters. The topological polar surface area (TPSA) is 69.0 Å². The molecule has 0 bridgehead atoms. The molecule has 0 fully saturated rings. The monoisotopic (exact) mass is 454 g/mol. The molecule has 1 aromatic heterocycles. The molecule has 1 N–H and O–H groups in total. The summed E-state index contributed by atoms with van der Waals surface area (Å²) in [5.41, 5.74) is 2.58. The van der Waals surface area contributed by atoms with Crippen molar-refractivity contribution in [1.29, 1.82) is 0 Å². The summed E-state index contributed by atoms with van der Waals surface area (Å²) in [5, 5.41) is 13.1. The second kappa shape index (κ2) is 8.21. The van der Waals surface area contributed by atoms with E-state index in [1.54, 1.807) is 56.3 Å². The summed E-state index contributed by atoms with van der Waals surface area (Å²) in [6, 6.07) is 17.8. The van der Waals surface area contributed by atoms with Crippen molar-refractivity contribution in [3.8, 4) is 11.4 Å². The van der Waals surface area contributed by atoms with E-state index in [0.29, 0.717) is 32.5 Å². The Morgan fingerprint density at radius 2 is 1.68 bits per heavy atom. The fourth-order valence-corrected chi connectivity index (χ4v) is 3.24. The first-order valence-electron chi connectivity index (χ1n) is 9.61. The van der Waals surface area contributed by atoms with E-state index in [4.69, 9.17) is 27.9 Å². The minimum Gasteiger partial charge on any atom is -0.478 e. The van der Waals surface area contributed by atoms with Crippen LogP contribution in [0.1, 0.15) is 19.4 Å². The first-order chi connectivity index (χ1) is 14.7. The normalized spacial score (nSPS) is 11.5. The van der Waals surface area contributed by atoms with Gasteiger partial charge in [0.2, 0.25) is 0 Å². The first kappa shape index (κ1) is 21.2. The van der Waals surface area contributed by atoms with Crippen molar-refractivity contribution < 1.29 is 9.53 Å². The van der Waals surface area contributed by atoms with Crippen LogP contribution in [0.2, 0.25) is 10.0 Å². The van der Waals surface area contributed by atoms with E-state index in [2.05, 4.69) is 15.5 Å². The van der Waals surface area contributed by atoms with Crippen molar-refractivity contribution in [3.05, 3.63) is 76.3 Å². The van der Waals surface area contributed by atoms with E-state index in [-0.39, 0.29) is 5.91 Å². The van der Waals surface area contributed by atoms with Crippen LogP contribution in [0.25, 0.3) is 16.7 Å². The van der Waals surface area contributed by atoms with E-state index in [0.717, 1.165) is 11.3 Å². The highest BCUT2D eigenvalue weighted by molar-refractivity contribution is 6.31. The molecule has 0 saturated heterocycles. The minimum atomic E-state index is -1.10. The number of aryl methyl sites for hydroxylation is 1. The largest absolute Gasteiger partial charge is 0.478 e. The first-order valence-corrected chi connectivity index (χ1v) is 10.4. The van der Waals surface area contributed by atoms with Crippen molar-refractivity contribution in [3.63, 3.8) is 0 Å². The van der Waals surface area contributed by atoms with Crippen LogP contribution in [0.15, 0.2) is 60.7 Å². The molecule has 158 valence electrons. The van der Waals surface area contributed by atoms with Gasteiger partial charge in [-0.15, -0.1) is 10.2 Å². The fraction of sp³-hybridized carbons (Fsp3) is 0.174. The van der Waals surface area contributed by atoms with Gasteiger partial charge in [0.05, 0.1) is 5.69 Å². The van der Waals surface area contributed by atoms with E-state index >= 15 is 0 Å². The van der Waals surface area contributed by atoms with Crippen molar-refractivity contribution in [2.45, 2.75) is 26.4 Å². The molecule has 31 heavy (non-hydrogen) atoms. The minimum absolute atomic E-state index is 0.292. The Hall–Kier alpha value is -3.09. The number of ether oxygens (including phenoxy) is 1. The van der Waals surface area contributed by atoms with Crippen LogP contribution in [-0.4, -0.2) is 26.5 Å². The highest BCUT2D eigenvalue weighted by atomic mass is 35.5. The third-order valence-corrected chi connectivity index (χ3v) is 5.42. The molecule has 4 rings (SSSR count). The summed E-state index contributed by atoms with van der Waals surface area (Å²) in [6.45, 7) is 5.34. The predicted molar refractivity (Wildman–Crippen MR) is 123 cm³/mol. The van der Waals surface area contributed by atoms with E-state index in [9.17, 15) is 4.79 Å². The molecule has 0 saturated carbocycles. The Labute approximate surface area is 189 Å². The lowest BCUT2D eigenvalue weighted by Gasteiger charge is -2.25. The zero-order chi connectivity index (χ0) is 22.2. The maximum atomic E-state index is 12.8. The lowest BCUT2D eigenvalue weighted by Crippen LogP contribution is -2.42. The molecule has 1 amide bonds. The number of nitrogens with zero attached hydrogens (tertiary/aromatic N) is 3. The fourth-order valence-electron chi connectivity index (χ4n) is 2.94. The summed E-state index contributed by atoms with van der Waals surface area (Å²) in [5.74, 6) is 0.263. The Kier molecular flexibility index (Phi) is 5.60. The maximum Gasteiger partial charge on any atom is 0.267 e. The van der Waals surface area contributed by atoms with Crippen molar-refractivity contribution in [2.24, 2.45) is 0 Å². The third kappa shape index (κ3) is 4.65. The number of aromatic nitrogens is 3. The average molecular weight is 455 g/mol. The van der Waals surface area contributed by atoms with Crippen LogP contribution < -0.4 is 10.1 Å². The molecule has 8 heteroatoms. The molecular weight excluding hydrogens is 435 g/mol. The number of hydrogen-bond acceptors (Lipinski definition) is 4. The predicted octanol–water partition coefficient (Wildman–Crippen LogP) is 5.83. The van der Waals surface area contributed by atoms with E-state index in [1.165, 1.54) is 4.80 Å². The molecule has 0 aliphatic carbocycles. The molecule has 0 aliphatic rings. The average Bonchev–Trinajstić information content (AvgIpc) is 3.15. The number of fused-ring (bicyclic) bond motifs is 1. The number of carbonyl (C=O) groups excluding carboxylic acids is 1. The highest BCUT2D eigenvalue weighted by Crippen LogP contribution is 2.24. The molecule has 0 atom stereocenters. The van der Waals surface area contributed by atoms with Gasteiger partial charge in [0.25, 0.3) is 5.91 Å². The van der Waals surface area contributed by atoms with Gasteiger partial charge in [-0.05, 0) is 80.9 Å². The summed E-state index contributed by atoms with van der Waals surface area (Å²) >= 11 is 12.1. The van der Waals surface area contributed by atoms with Gasteiger partial charge in [0.15, 0.2) is 5.60 Å². The van der Waals surface area contributed by atoms with Gasteiger partial charge < -0.3 is 10.1 Å². The smallest absolute Gasteiger partial charge is 0.267 e. The zero-order valence-electron chi connectivity index (χ0n) is 17.2. The Morgan fingerprint density at radius 1 is 0.968 bits per heavy atom. The standard InChI is InChI=1S/C23H20Cl2N4O2/c1-14-4-8-17(13-19(14)25)29-27-20-11-7-16(12-21(20)28-29)26-22(30)23(2,3)31-18-9-5-15(24)6-10-18/h4-13H,1-3H3,(H,26,30). The van der Waals surface area contributed by atoms with Gasteiger partial charge in [-0.3, -0.25) is 4.79 Å². The molecule has 4 aromatic rings. The van der Waals surface area contributed by atoms with Gasteiger partial charge in [0.1, 0.15) is 16.8 Å². The lowest BCUT2D eigenvalue weighted by atomic mass is 10.1. The second-order valence-corrected chi connectivity index (χ2v) is 8.49. The summed E-state index contributed by atoms with van der Waals surface area (Å²) in [7, 11) is 0. The van der Waals surface area contributed by atoms with Crippen LogP contribution in [-0.2, 0) is 4.79 Å². The van der Waals surface area contributed by atoms with Gasteiger partial charge in [-0.25, -0.2) is 0 Å². The maximum absolute atomic E-state index is 12.8. The second-order valence-electron chi connectivity index (χ2n) is 7.65. The van der Waals surface area contributed by atoms with E-state index < -0.39 is 5.60 Å². The number of halogens is 2. The van der Waals surface area contributed by atoms with Gasteiger partial charge >= 0.3 is 0 Å². The number of hydrogen-bond donors (Lipinski definition) is 1. The molecular formula is C23H20Cl2N4O2. The molecule has 3 aromatic carbocycles. The number of rotatable bonds is 5. The van der Waals surface area contributed by atoms with Crippen molar-refractivity contribution in [2.75, 3.05) is 5.32 Å². The van der Waals surface area contributed by atoms with E-state index in [1.807, 2.05) is 25.1 Å². The summed E-state index contributed by atoms with van der Waals surface area (Å²) in [4.78, 5) is 14.3. The molecule has 0 aliphatic heterocycles. The number of nitrogens with one attached hydrogen (secondary N) is 1. The van der Waals surface area contributed by atoms with Crippen LogP contribution in [0.3, 0.4) is 0 Å². The van der Waals surface area contributed by atoms with Crippen LogP contribution in [0.4, 0.5) is 5.69 Å². The van der Waals surface area contributed by atoms with Gasteiger partial charge in [-0.1, -0.05) is 29.3 Å².